The molecule has 0 spiro atoms. The first-order chi connectivity index (χ1) is 7.20. The summed E-state index contributed by atoms with van der Waals surface area (Å²) in [5.74, 6) is 6.44. The summed E-state index contributed by atoms with van der Waals surface area (Å²) < 4.78 is 1.09. The van der Waals surface area contributed by atoms with Gasteiger partial charge in [-0.2, -0.15) is 4.68 Å². The van der Waals surface area contributed by atoms with Crippen molar-refractivity contribution in [3.8, 4) is 0 Å². The van der Waals surface area contributed by atoms with Crippen LogP contribution < -0.4 is 11.4 Å². The Morgan fingerprint density at radius 2 is 2.13 bits per heavy atom. The number of hydrogen-bond donors (Lipinski definition) is 1. The number of aromatic nitrogens is 3. The fraction of sp³-hybridized carbons (Fsp3) is 0.667. The summed E-state index contributed by atoms with van der Waals surface area (Å²) in [6.07, 6.45) is 2.61. The molecular formula is C9H16N4OS. The number of nitrogens with two attached hydrogens (primary N) is 1. The molecule has 6 heteroatoms. The first kappa shape index (κ1) is 12.0. The Morgan fingerprint density at radius 1 is 1.40 bits per heavy atom. The minimum absolute atomic E-state index is 0.227. The average molecular weight is 228 g/mol. The molecule has 0 saturated heterocycles. The van der Waals surface area contributed by atoms with Crippen LogP contribution in [0.15, 0.2) is 9.95 Å². The van der Waals surface area contributed by atoms with Crippen molar-refractivity contribution < 1.29 is 0 Å². The highest BCUT2D eigenvalue weighted by atomic mass is 32.2. The van der Waals surface area contributed by atoms with Crippen LogP contribution >= 0.6 is 11.8 Å². The van der Waals surface area contributed by atoms with Crippen LogP contribution in [0.3, 0.4) is 0 Å². The van der Waals surface area contributed by atoms with Crippen LogP contribution in [0.5, 0.6) is 0 Å². The number of nitrogen functional groups attached to an aromatic ring is 1. The Hall–Kier alpha value is -1.04. The fourth-order valence-corrected chi connectivity index (χ4v) is 1.73. The zero-order chi connectivity index (χ0) is 11.3. The van der Waals surface area contributed by atoms with Crippen molar-refractivity contribution >= 4 is 11.8 Å². The molecule has 0 saturated carbocycles. The molecular weight excluding hydrogens is 212 g/mol. The highest BCUT2D eigenvalue weighted by Crippen LogP contribution is 2.09. The molecule has 84 valence electrons. The van der Waals surface area contributed by atoms with Crippen LogP contribution in [0, 0.1) is 0 Å². The van der Waals surface area contributed by atoms with E-state index in [0.717, 1.165) is 23.3 Å². The second-order valence-electron chi connectivity index (χ2n) is 3.14. The molecule has 0 radical (unpaired) electrons. The molecule has 0 atom stereocenters. The van der Waals surface area contributed by atoms with Gasteiger partial charge in [0.05, 0.1) is 0 Å². The van der Waals surface area contributed by atoms with E-state index < -0.39 is 0 Å². The molecule has 1 aromatic heterocycles. The molecule has 0 fully saturated rings. The number of unbranched alkanes of at least 4 members (excludes halogenated alkanes) is 1. The van der Waals surface area contributed by atoms with Gasteiger partial charge in [-0.15, -0.1) is 10.2 Å². The lowest BCUT2D eigenvalue weighted by molar-refractivity contribution is 0.646. The predicted molar refractivity (Wildman–Crippen MR) is 61.5 cm³/mol. The summed E-state index contributed by atoms with van der Waals surface area (Å²) in [6, 6.07) is 0. The predicted octanol–water partition coefficient (Wildman–Crippen LogP) is 0.807. The van der Waals surface area contributed by atoms with Gasteiger partial charge in [-0.1, -0.05) is 32.0 Å². The standard InChI is InChI=1S/C9H16N4OS/c1-3-5-6-7-8(14)13(10)9(12-11-7)15-4-2/h3-6,10H2,1-2H3. The van der Waals surface area contributed by atoms with E-state index in [4.69, 9.17) is 5.84 Å². The Bertz CT molecular complexity index is 377. The average Bonchev–Trinajstić information content (AvgIpc) is 2.24. The van der Waals surface area contributed by atoms with Crippen molar-refractivity contribution in [1.82, 2.24) is 14.9 Å². The van der Waals surface area contributed by atoms with Crippen molar-refractivity contribution in [2.75, 3.05) is 11.6 Å². The largest absolute Gasteiger partial charge is 0.334 e. The van der Waals surface area contributed by atoms with E-state index in [-0.39, 0.29) is 5.56 Å². The number of rotatable bonds is 5. The van der Waals surface area contributed by atoms with Crippen LogP contribution in [0.4, 0.5) is 0 Å². The molecule has 0 aliphatic carbocycles. The maximum atomic E-state index is 11.7. The SMILES string of the molecule is CCCCc1nnc(SCC)n(N)c1=O. The van der Waals surface area contributed by atoms with E-state index in [1.165, 1.54) is 11.8 Å². The van der Waals surface area contributed by atoms with Gasteiger partial charge in [0, 0.05) is 0 Å². The third kappa shape index (κ3) is 2.95. The fourth-order valence-electron chi connectivity index (χ4n) is 1.15. The summed E-state index contributed by atoms with van der Waals surface area (Å²) in [5, 5.41) is 8.32. The topological polar surface area (TPSA) is 73.8 Å². The highest BCUT2D eigenvalue weighted by Gasteiger charge is 2.08. The van der Waals surface area contributed by atoms with Gasteiger partial charge < -0.3 is 5.84 Å². The van der Waals surface area contributed by atoms with Gasteiger partial charge >= 0.3 is 0 Å². The van der Waals surface area contributed by atoms with E-state index >= 15 is 0 Å². The van der Waals surface area contributed by atoms with Gasteiger partial charge in [0.1, 0.15) is 5.69 Å². The Kier molecular flexibility index (Phi) is 4.61. The van der Waals surface area contributed by atoms with Gasteiger partial charge in [-0.3, -0.25) is 4.79 Å². The van der Waals surface area contributed by atoms with Crippen LogP contribution in [-0.2, 0) is 6.42 Å². The monoisotopic (exact) mass is 228 g/mol. The van der Waals surface area contributed by atoms with Crippen LogP contribution in [-0.4, -0.2) is 20.6 Å². The zero-order valence-corrected chi connectivity index (χ0v) is 9.88. The summed E-state index contributed by atoms with van der Waals surface area (Å²) in [4.78, 5) is 11.7. The maximum absolute atomic E-state index is 11.7. The molecule has 0 aliphatic rings. The normalized spacial score (nSPS) is 10.5. The summed E-state index contributed by atoms with van der Waals surface area (Å²) >= 11 is 1.41. The molecule has 1 aromatic rings. The van der Waals surface area contributed by atoms with Gasteiger partial charge in [0.2, 0.25) is 5.16 Å². The van der Waals surface area contributed by atoms with Gasteiger partial charge in [0.25, 0.3) is 5.56 Å². The van der Waals surface area contributed by atoms with Crippen molar-refractivity contribution in [3.05, 3.63) is 16.0 Å². The number of thioether (sulfide) groups is 1. The van der Waals surface area contributed by atoms with Crippen LogP contribution in [0.1, 0.15) is 32.4 Å². The zero-order valence-electron chi connectivity index (χ0n) is 9.06. The highest BCUT2D eigenvalue weighted by molar-refractivity contribution is 7.99. The summed E-state index contributed by atoms with van der Waals surface area (Å²) in [7, 11) is 0. The summed E-state index contributed by atoms with van der Waals surface area (Å²) in [6.45, 7) is 4.04. The molecule has 0 bridgehead atoms. The van der Waals surface area contributed by atoms with Gasteiger partial charge in [-0.05, 0) is 18.6 Å². The minimum atomic E-state index is -0.227. The Labute approximate surface area is 93.1 Å². The maximum Gasteiger partial charge on any atom is 0.294 e. The molecule has 0 aliphatic heterocycles. The summed E-state index contributed by atoms with van der Waals surface area (Å²) in [5.41, 5.74) is 0.231. The van der Waals surface area contributed by atoms with Crippen molar-refractivity contribution in [3.63, 3.8) is 0 Å². The first-order valence-electron chi connectivity index (χ1n) is 5.07. The van der Waals surface area contributed by atoms with Gasteiger partial charge in [0.15, 0.2) is 0 Å². The molecule has 5 nitrogen and oxygen atoms in total. The van der Waals surface area contributed by atoms with Crippen molar-refractivity contribution in [2.45, 2.75) is 38.3 Å². The second kappa shape index (κ2) is 5.75. The van der Waals surface area contributed by atoms with E-state index in [1.54, 1.807) is 0 Å². The van der Waals surface area contributed by atoms with E-state index in [1.807, 2.05) is 6.92 Å². The molecule has 0 amide bonds. The molecule has 2 N–H and O–H groups in total. The third-order valence-corrected chi connectivity index (χ3v) is 2.79. The Balaban J connectivity index is 2.94. The van der Waals surface area contributed by atoms with E-state index in [2.05, 4.69) is 17.1 Å². The molecule has 1 heterocycles. The minimum Gasteiger partial charge on any atom is -0.334 e. The smallest absolute Gasteiger partial charge is 0.294 e. The Morgan fingerprint density at radius 3 is 2.73 bits per heavy atom. The second-order valence-corrected chi connectivity index (χ2v) is 4.37. The lowest BCUT2D eigenvalue weighted by Crippen LogP contribution is -2.33. The van der Waals surface area contributed by atoms with Crippen molar-refractivity contribution in [1.29, 1.82) is 0 Å². The molecule has 1 rings (SSSR count). The third-order valence-electron chi connectivity index (χ3n) is 1.97. The van der Waals surface area contributed by atoms with Crippen molar-refractivity contribution in [2.24, 2.45) is 0 Å². The van der Waals surface area contributed by atoms with E-state index in [9.17, 15) is 4.79 Å². The van der Waals surface area contributed by atoms with Crippen LogP contribution in [0.2, 0.25) is 0 Å². The lowest BCUT2D eigenvalue weighted by atomic mass is 10.2. The number of aryl methyl sites for hydroxylation is 1. The lowest BCUT2D eigenvalue weighted by Gasteiger charge is -2.05. The van der Waals surface area contributed by atoms with E-state index in [0.29, 0.717) is 17.3 Å². The molecule has 0 aromatic carbocycles. The first-order valence-corrected chi connectivity index (χ1v) is 6.05. The quantitative estimate of drug-likeness (QED) is 0.596. The van der Waals surface area contributed by atoms with Crippen LogP contribution in [0.25, 0.3) is 0 Å². The molecule has 15 heavy (non-hydrogen) atoms. The van der Waals surface area contributed by atoms with Gasteiger partial charge in [-0.25, -0.2) is 0 Å². The molecule has 0 unspecified atom stereocenters. The number of hydrogen-bond acceptors (Lipinski definition) is 5. The number of nitrogens with zero attached hydrogens (tertiary/aromatic N) is 3.